The number of hydrogen-bond acceptors (Lipinski definition) is 6. The van der Waals surface area contributed by atoms with Gasteiger partial charge in [0.15, 0.2) is 5.82 Å². The minimum atomic E-state index is -1.09. The van der Waals surface area contributed by atoms with Gasteiger partial charge in [-0.1, -0.05) is 12.1 Å². The van der Waals surface area contributed by atoms with Crippen molar-refractivity contribution in [3.05, 3.63) is 83.3 Å². The van der Waals surface area contributed by atoms with Gasteiger partial charge in [-0.15, -0.1) is 0 Å². The number of nitrogens with zero attached hydrogens (tertiary/aromatic N) is 2. The van der Waals surface area contributed by atoms with E-state index < -0.39 is 11.8 Å². The molecule has 0 aliphatic heterocycles. The number of hydrogen-bond donors (Lipinski definition) is 3. The van der Waals surface area contributed by atoms with Crippen LogP contribution in [0.4, 0.5) is 5.69 Å². The third kappa shape index (κ3) is 3.87. The summed E-state index contributed by atoms with van der Waals surface area (Å²) in [5.41, 5.74) is 8.36. The molecule has 0 fully saturated rings. The molecule has 166 valence electrons. The van der Waals surface area contributed by atoms with Crippen molar-refractivity contribution in [3.8, 4) is 17.0 Å². The zero-order valence-corrected chi connectivity index (χ0v) is 17.8. The molecule has 0 radical (unpaired) electrons. The topological polar surface area (TPSA) is 136 Å². The van der Waals surface area contributed by atoms with Crippen molar-refractivity contribution < 1.29 is 24.2 Å². The molecule has 4 aromatic rings. The Bertz CT molecular complexity index is 1420. The number of imidazole rings is 1. The number of amides is 1. The van der Waals surface area contributed by atoms with Gasteiger partial charge in [0.05, 0.1) is 29.6 Å². The Labute approximate surface area is 188 Å². The van der Waals surface area contributed by atoms with Crippen LogP contribution in [0.2, 0.25) is 0 Å². The maximum Gasteiger partial charge on any atom is 0.335 e. The molecule has 4 N–H and O–H groups in total. The van der Waals surface area contributed by atoms with Crippen LogP contribution in [0, 0.1) is 0 Å². The molecule has 0 saturated carbocycles. The summed E-state index contributed by atoms with van der Waals surface area (Å²) in [4.78, 5) is 41.6. The SMILES string of the molecule is CNC(=O)c1ccn2c(C(=O)c3ccc(N)c(OC)c3)nc(-c3cccc(C(=O)O)c3)c2c1. The van der Waals surface area contributed by atoms with Crippen LogP contribution in [0.5, 0.6) is 5.75 Å². The number of nitrogens with two attached hydrogens (primary N) is 1. The summed E-state index contributed by atoms with van der Waals surface area (Å²) < 4.78 is 6.79. The van der Waals surface area contributed by atoms with Crippen LogP contribution in [0.15, 0.2) is 60.8 Å². The molecule has 9 heteroatoms. The number of anilines is 1. The lowest BCUT2D eigenvalue weighted by Crippen LogP contribution is -2.18. The number of nitrogens with one attached hydrogen (secondary N) is 1. The van der Waals surface area contributed by atoms with Crippen LogP contribution in [-0.2, 0) is 0 Å². The number of aromatic nitrogens is 2. The van der Waals surface area contributed by atoms with Crippen LogP contribution >= 0.6 is 0 Å². The molecule has 0 saturated heterocycles. The average Bonchev–Trinajstić information content (AvgIpc) is 3.22. The fourth-order valence-electron chi connectivity index (χ4n) is 3.52. The molecule has 0 aliphatic rings. The van der Waals surface area contributed by atoms with Crippen molar-refractivity contribution in [1.29, 1.82) is 0 Å². The van der Waals surface area contributed by atoms with Gasteiger partial charge < -0.3 is 20.9 Å². The third-order valence-corrected chi connectivity index (χ3v) is 5.21. The number of carbonyl (C=O) groups is 3. The Morgan fingerprint density at radius 3 is 2.52 bits per heavy atom. The van der Waals surface area contributed by atoms with Gasteiger partial charge in [-0.25, -0.2) is 9.78 Å². The first-order valence-electron chi connectivity index (χ1n) is 9.90. The van der Waals surface area contributed by atoms with E-state index in [2.05, 4.69) is 10.3 Å². The van der Waals surface area contributed by atoms with E-state index in [1.807, 2.05) is 0 Å². The second-order valence-electron chi connectivity index (χ2n) is 7.21. The van der Waals surface area contributed by atoms with E-state index in [0.29, 0.717) is 39.3 Å². The lowest BCUT2D eigenvalue weighted by Gasteiger charge is -2.07. The molecule has 33 heavy (non-hydrogen) atoms. The Morgan fingerprint density at radius 2 is 1.82 bits per heavy atom. The Kier molecular flexibility index (Phi) is 5.53. The van der Waals surface area contributed by atoms with E-state index >= 15 is 0 Å². The number of fused-ring (bicyclic) bond motifs is 1. The van der Waals surface area contributed by atoms with E-state index in [1.54, 1.807) is 47.0 Å². The number of ether oxygens (including phenoxy) is 1. The summed E-state index contributed by atoms with van der Waals surface area (Å²) >= 11 is 0. The zero-order chi connectivity index (χ0) is 23.7. The van der Waals surface area contributed by atoms with Crippen LogP contribution in [-0.4, -0.2) is 46.3 Å². The smallest absolute Gasteiger partial charge is 0.335 e. The van der Waals surface area contributed by atoms with Crippen LogP contribution in [0.1, 0.15) is 36.9 Å². The molecule has 0 spiro atoms. The lowest BCUT2D eigenvalue weighted by molar-refractivity contribution is 0.0696. The molecule has 0 unspecified atom stereocenters. The first-order chi connectivity index (χ1) is 15.8. The molecule has 2 heterocycles. The number of carboxylic acid groups (broad SMARTS) is 1. The van der Waals surface area contributed by atoms with E-state index in [-0.39, 0.29) is 17.3 Å². The summed E-state index contributed by atoms with van der Waals surface area (Å²) in [5.74, 6) is -1.33. The molecule has 9 nitrogen and oxygen atoms in total. The number of aromatic carboxylic acids is 1. The molecule has 1 amide bonds. The number of benzene rings is 2. The Hall–Kier alpha value is -4.66. The summed E-state index contributed by atoms with van der Waals surface area (Å²) in [6.45, 7) is 0. The van der Waals surface area contributed by atoms with Gasteiger partial charge in [0, 0.05) is 29.9 Å². The Morgan fingerprint density at radius 1 is 1.03 bits per heavy atom. The highest BCUT2D eigenvalue weighted by atomic mass is 16.5. The predicted molar refractivity (Wildman–Crippen MR) is 122 cm³/mol. The highest BCUT2D eigenvalue weighted by molar-refractivity contribution is 6.09. The molecular weight excluding hydrogens is 424 g/mol. The van der Waals surface area contributed by atoms with E-state index in [4.69, 9.17) is 10.5 Å². The number of rotatable bonds is 6. The van der Waals surface area contributed by atoms with Gasteiger partial charge in [-0.3, -0.25) is 14.0 Å². The van der Waals surface area contributed by atoms with Crippen LogP contribution < -0.4 is 15.8 Å². The standard InChI is InChI=1S/C24H20N4O5/c1-26-23(30)15-8-9-28-18(11-15)20(13-4-3-5-16(10-13)24(31)32)27-22(28)21(29)14-6-7-17(25)19(12-14)33-2/h3-12H,25H2,1-2H3,(H,26,30)(H,31,32). The first-order valence-corrected chi connectivity index (χ1v) is 9.90. The molecule has 0 atom stereocenters. The van der Waals surface area contributed by atoms with Gasteiger partial charge in [-0.05, 0) is 42.5 Å². The second kappa shape index (κ2) is 8.46. The number of nitrogen functional groups attached to an aromatic ring is 1. The molecule has 2 aromatic carbocycles. The van der Waals surface area contributed by atoms with E-state index in [9.17, 15) is 19.5 Å². The van der Waals surface area contributed by atoms with Crippen molar-refractivity contribution >= 4 is 28.9 Å². The maximum absolute atomic E-state index is 13.4. The highest BCUT2D eigenvalue weighted by Crippen LogP contribution is 2.29. The quantitative estimate of drug-likeness (QED) is 0.307. The number of ketones is 1. The van der Waals surface area contributed by atoms with Gasteiger partial charge >= 0.3 is 5.97 Å². The second-order valence-corrected chi connectivity index (χ2v) is 7.21. The number of carboxylic acids is 1. The maximum atomic E-state index is 13.4. The van der Waals surface area contributed by atoms with Gasteiger partial charge in [0.1, 0.15) is 5.75 Å². The monoisotopic (exact) mass is 444 g/mol. The Balaban J connectivity index is 1.94. The largest absolute Gasteiger partial charge is 0.495 e. The first kappa shape index (κ1) is 21.6. The van der Waals surface area contributed by atoms with Gasteiger partial charge in [0.2, 0.25) is 5.78 Å². The molecule has 0 aliphatic carbocycles. The van der Waals surface area contributed by atoms with Crippen molar-refractivity contribution in [1.82, 2.24) is 14.7 Å². The van der Waals surface area contributed by atoms with Crippen LogP contribution in [0.3, 0.4) is 0 Å². The summed E-state index contributed by atoms with van der Waals surface area (Å²) in [6.07, 6.45) is 1.58. The molecule has 0 bridgehead atoms. The molecule has 2 aromatic heterocycles. The van der Waals surface area contributed by atoms with Crippen molar-refractivity contribution in [2.75, 3.05) is 19.9 Å². The number of pyridine rings is 1. The average molecular weight is 444 g/mol. The van der Waals surface area contributed by atoms with Crippen molar-refractivity contribution in [2.24, 2.45) is 0 Å². The third-order valence-electron chi connectivity index (χ3n) is 5.21. The number of carbonyl (C=O) groups excluding carboxylic acids is 2. The van der Waals surface area contributed by atoms with Crippen LogP contribution in [0.25, 0.3) is 16.8 Å². The molecule has 4 rings (SSSR count). The fourth-order valence-corrected chi connectivity index (χ4v) is 3.52. The minimum Gasteiger partial charge on any atom is -0.495 e. The van der Waals surface area contributed by atoms with E-state index in [0.717, 1.165) is 0 Å². The zero-order valence-electron chi connectivity index (χ0n) is 17.8. The summed E-state index contributed by atoms with van der Waals surface area (Å²) in [5, 5.41) is 11.9. The lowest BCUT2D eigenvalue weighted by atomic mass is 10.1. The van der Waals surface area contributed by atoms with Crippen molar-refractivity contribution in [2.45, 2.75) is 0 Å². The van der Waals surface area contributed by atoms with Gasteiger partial charge in [-0.2, -0.15) is 0 Å². The summed E-state index contributed by atoms with van der Waals surface area (Å²) in [6, 6.07) is 14.1. The van der Waals surface area contributed by atoms with E-state index in [1.165, 1.54) is 32.4 Å². The fraction of sp³-hybridized carbons (Fsp3) is 0.0833. The normalized spacial score (nSPS) is 10.7. The molecular formula is C24H20N4O5. The predicted octanol–water partition coefficient (Wildman–Crippen LogP) is 2.88. The summed E-state index contributed by atoms with van der Waals surface area (Å²) in [7, 11) is 2.97. The number of methoxy groups -OCH3 is 1. The van der Waals surface area contributed by atoms with Crippen molar-refractivity contribution in [3.63, 3.8) is 0 Å². The van der Waals surface area contributed by atoms with Gasteiger partial charge in [0.25, 0.3) is 5.91 Å². The minimum absolute atomic E-state index is 0.0762. The highest BCUT2D eigenvalue weighted by Gasteiger charge is 2.22.